The maximum absolute atomic E-state index is 11.5. The highest BCUT2D eigenvalue weighted by atomic mass is 32.2. The van der Waals surface area contributed by atoms with E-state index in [0.29, 0.717) is 4.91 Å². The zero-order valence-corrected chi connectivity index (χ0v) is 8.62. The van der Waals surface area contributed by atoms with Gasteiger partial charge in [-0.25, -0.2) is 8.42 Å². The topological polar surface area (TPSA) is 34.1 Å². The molecule has 0 saturated heterocycles. The van der Waals surface area contributed by atoms with Gasteiger partial charge in [-0.3, -0.25) is 0 Å². The fraction of sp³-hybridized carbons (Fsp3) is 0.750. The first kappa shape index (κ1) is 10.7. The van der Waals surface area contributed by atoms with Crippen LogP contribution >= 0.6 is 0 Å². The second-order valence-corrected chi connectivity index (χ2v) is 6.39. The molecule has 0 bridgehead atoms. The highest BCUT2D eigenvalue weighted by Crippen LogP contribution is 2.22. The first-order valence-electron chi connectivity index (χ1n) is 3.61. The second-order valence-electron chi connectivity index (χ2n) is 3.52. The molecule has 0 aliphatic carbocycles. The summed E-state index contributed by atoms with van der Waals surface area (Å²) in [6, 6.07) is 0. The Hall–Kier alpha value is -0.310. The van der Waals surface area contributed by atoms with Crippen molar-refractivity contribution in [2.24, 2.45) is 0 Å². The van der Waals surface area contributed by atoms with Gasteiger partial charge in [0.05, 0.1) is 4.75 Å². The van der Waals surface area contributed by atoms with Crippen molar-refractivity contribution in [2.45, 2.75) is 39.4 Å². The van der Waals surface area contributed by atoms with Crippen LogP contribution in [0.15, 0.2) is 11.0 Å². The van der Waals surface area contributed by atoms with E-state index in [1.807, 2.05) is 0 Å². The summed E-state index contributed by atoms with van der Waals surface area (Å²) in [7, 11) is -3.07. The van der Waals surface area contributed by atoms with E-state index in [-0.39, 0.29) is 0 Å². The van der Waals surface area contributed by atoms with Gasteiger partial charge in [-0.15, -0.1) is 0 Å². The van der Waals surface area contributed by atoms with Crippen LogP contribution in [0.4, 0.5) is 0 Å². The lowest BCUT2D eigenvalue weighted by atomic mass is 10.3. The van der Waals surface area contributed by atoms with Crippen molar-refractivity contribution in [2.75, 3.05) is 0 Å². The minimum Gasteiger partial charge on any atom is -0.224 e. The summed E-state index contributed by atoms with van der Waals surface area (Å²) in [5.74, 6) is 0. The molecule has 0 amide bonds. The van der Waals surface area contributed by atoms with Crippen LogP contribution in [0.1, 0.15) is 34.6 Å². The van der Waals surface area contributed by atoms with E-state index in [2.05, 4.69) is 0 Å². The van der Waals surface area contributed by atoms with Crippen molar-refractivity contribution in [3.8, 4) is 0 Å². The molecule has 2 nitrogen and oxygen atoms in total. The van der Waals surface area contributed by atoms with Crippen LogP contribution in [0, 0.1) is 0 Å². The number of allylic oxidation sites excluding steroid dienone is 2. The van der Waals surface area contributed by atoms with Gasteiger partial charge < -0.3 is 0 Å². The van der Waals surface area contributed by atoms with Crippen molar-refractivity contribution < 1.29 is 8.42 Å². The minimum atomic E-state index is -3.07. The summed E-state index contributed by atoms with van der Waals surface area (Å²) in [6.45, 7) is 8.47. The Balaban J connectivity index is 5.10. The monoisotopic (exact) mass is 176 g/mol. The molecule has 66 valence electrons. The Morgan fingerprint density at radius 2 is 1.64 bits per heavy atom. The van der Waals surface area contributed by atoms with Crippen LogP contribution in [-0.2, 0) is 9.84 Å². The summed E-state index contributed by atoms with van der Waals surface area (Å²) >= 11 is 0. The Morgan fingerprint density at radius 1 is 1.27 bits per heavy atom. The van der Waals surface area contributed by atoms with Gasteiger partial charge in [-0.1, -0.05) is 6.08 Å². The molecule has 0 aromatic carbocycles. The lowest BCUT2D eigenvalue weighted by Crippen LogP contribution is -2.28. The lowest BCUT2D eigenvalue weighted by Gasteiger charge is -2.19. The zero-order valence-electron chi connectivity index (χ0n) is 7.80. The molecule has 0 fully saturated rings. The standard InChI is InChI=1S/C8H16O2S/c1-6-7(2)11(9,10)8(3,4)5/h6H,1-5H3/b7-6+. The first-order valence-corrected chi connectivity index (χ1v) is 5.09. The van der Waals surface area contributed by atoms with E-state index in [1.165, 1.54) is 0 Å². The summed E-state index contributed by atoms with van der Waals surface area (Å²) in [5.41, 5.74) is 0. The molecule has 0 aromatic rings. The van der Waals surface area contributed by atoms with Crippen LogP contribution in [0.5, 0.6) is 0 Å². The van der Waals surface area contributed by atoms with Crippen molar-refractivity contribution in [3.63, 3.8) is 0 Å². The smallest absolute Gasteiger partial charge is 0.178 e. The molecule has 0 atom stereocenters. The Kier molecular flexibility index (Phi) is 2.89. The maximum atomic E-state index is 11.5. The second kappa shape index (κ2) is 2.97. The van der Waals surface area contributed by atoms with Crippen LogP contribution in [0.2, 0.25) is 0 Å². The van der Waals surface area contributed by atoms with Crippen LogP contribution < -0.4 is 0 Å². The zero-order chi connectivity index (χ0) is 9.28. The molecular weight excluding hydrogens is 160 g/mol. The molecule has 0 unspecified atom stereocenters. The molecule has 11 heavy (non-hydrogen) atoms. The van der Waals surface area contributed by atoms with Crippen molar-refractivity contribution >= 4 is 9.84 Å². The van der Waals surface area contributed by atoms with Gasteiger partial charge in [-0.05, 0) is 34.6 Å². The third-order valence-electron chi connectivity index (χ3n) is 1.64. The number of rotatable bonds is 1. The van der Waals surface area contributed by atoms with Crippen LogP contribution in [0.3, 0.4) is 0 Å². The van der Waals surface area contributed by atoms with Crippen molar-refractivity contribution in [1.82, 2.24) is 0 Å². The summed E-state index contributed by atoms with van der Waals surface area (Å²) in [4.78, 5) is 0.449. The molecule has 0 spiro atoms. The molecule has 0 aromatic heterocycles. The van der Waals surface area contributed by atoms with Crippen molar-refractivity contribution in [1.29, 1.82) is 0 Å². The maximum Gasteiger partial charge on any atom is 0.178 e. The first-order chi connectivity index (χ1) is 4.73. The van der Waals surface area contributed by atoms with Gasteiger partial charge in [0.1, 0.15) is 0 Å². The summed E-state index contributed by atoms with van der Waals surface area (Å²) in [6.07, 6.45) is 1.63. The lowest BCUT2D eigenvalue weighted by molar-refractivity contribution is 0.567. The quantitative estimate of drug-likeness (QED) is 0.613. The molecule has 0 heterocycles. The number of hydrogen-bond donors (Lipinski definition) is 0. The summed E-state index contributed by atoms with van der Waals surface area (Å²) < 4.78 is 22.4. The molecule has 0 rings (SSSR count). The predicted octanol–water partition coefficient (Wildman–Crippen LogP) is 2.12. The van der Waals surface area contributed by atoms with Crippen molar-refractivity contribution in [3.05, 3.63) is 11.0 Å². The predicted molar refractivity (Wildman–Crippen MR) is 48.1 cm³/mol. The number of sulfone groups is 1. The molecule has 0 saturated carbocycles. The molecule has 3 heteroatoms. The molecule has 0 N–H and O–H groups in total. The van der Waals surface area contributed by atoms with Gasteiger partial charge in [-0.2, -0.15) is 0 Å². The van der Waals surface area contributed by atoms with Gasteiger partial charge in [0, 0.05) is 4.91 Å². The van der Waals surface area contributed by atoms with Gasteiger partial charge in [0.25, 0.3) is 0 Å². The third-order valence-corrected chi connectivity index (χ3v) is 4.33. The van der Waals surface area contributed by atoms with E-state index in [1.54, 1.807) is 40.7 Å². The number of hydrogen-bond acceptors (Lipinski definition) is 2. The van der Waals surface area contributed by atoms with Gasteiger partial charge in [0.15, 0.2) is 9.84 Å². The third kappa shape index (κ3) is 2.06. The van der Waals surface area contributed by atoms with E-state index in [4.69, 9.17) is 0 Å². The Labute approximate surface area is 69.2 Å². The fourth-order valence-electron chi connectivity index (χ4n) is 0.638. The van der Waals surface area contributed by atoms with Gasteiger partial charge in [0.2, 0.25) is 0 Å². The largest absolute Gasteiger partial charge is 0.224 e. The average Bonchev–Trinajstić information content (AvgIpc) is 1.83. The van der Waals surface area contributed by atoms with E-state index < -0.39 is 14.6 Å². The Morgan fingerprint density at radius 3 is 1.73 bits per heavy atom. The molecular formula is C8H16O2S. The van der Waals surface area contributed by atoms with E-state index in [0.717, 1.165) is 0 Å². The molecule has 0 aliphatic rings. The highest BCUT2D eigenvalue weighted by molar-refractivity contribution is 7.96. The van der Waals surface area contributed by atoms with Crippen LogP contribution in [-0.4, -0.2) is 13.2 Å². The fourth-order valence-corrected chi connectivity index (χ4v) is 1.91. The summed E-state index contributed by atoms with van der Waals surface area (Å²) in [5, 5.41) is 0. The van der Waals surface area contributed by atoms with E-state index >= 15 is 0 Å². The normalized spacial score (nSPS) is 15.2. The SMILES string of the molecule is C/C=C(\C)S(=O)(=O)C(C)(C)C. The molecule has 0 radical (unpaired) electrons. The van der Waals surface area contributed by atoms with E-state index in [9.17, 15) is 8.42 Å². The van der Waals surface area contributed by atoms with Crippen LogP contribution in [0.25, 0.3) is 0 Å². The average molecular weight is 176 g/mol. The highest BCUT2D eigenvalue weighted by Gasteiger charge is 2.29. The van der Waals surface area contributed by atoms with Gasteiger partial charge >= 0.3 is 0 Å². The molecule has 0 aliphatic heterocycles. The minimum absolute atomic E-state index is 0.449. The Bertz CT molecular complexity index is 252.